The minimum atomic E-state index is -0.458. The van der Waals surface area contributed by atoms with E-state index in [0.717, 1.165) is 11.1 Å². The number of ether oxygens (including phenoxy) is 1. The third kappa shape index (κ3) is 3.29. The van der Waals surface area contributed by atoms with Gasteiger partial charge in [-0.3, -0.25) is 9.59 Å². The van der Waals surface area contributed by atoms with Crippen molar-refractivity contribution in [2.45, 2.75) is 13.0 Å². The van der Waals surface area contributed by atoms with Crippen LogP contribution in [-0.2, 0) is 0 Å². The van der Waals surface area contributed by atoms with E-state index in [9.17, 15) is 9.59 Å². The molecule has 0 aliphatic carbocycles. The molecular formula is C23H24N2O4. The second-order valence-electron chi connectivity index (χ2n) is 7.65. The molecule has 1 aliphatic rings. The number of aryl methyl sites for hydroxylation is 1. The fourth-order valence-electron chi connectivity index (χ4n) is 3.76. The Kier molecular flexibility index (Phi) is 4.88. The van der Waals surface area contributed by atoms with Gasteiger partial charge in [0.15, 0.2) is 5.43 Å². The SMILES string of the molecule is COc1ccc2c(=O)c3c(oc2c1)C(=O)N(CCN(C)C)[C@@H]3c1ccc(C)cc1. The molecule has 1 aromatic heterocycles. The largest absolute Gasteiger partial charge is 0.497 e. The number of fused-ring (bicyclic) bond motifs is 2. The summed E-state index contributed by atoms with van der Waals surface area (Å²) < 4.78 is 11.2. The highest BCUT2D eigenvalue weighted by molar-refractivity contribution is 5.99. The fourth-order valence-corrected chi connectivity index (χ4v) is 3.76. The van der Waals surface area contributed by atoms with E-state index >= 15 is 0 Å². The molecule has 0 spiro atoms. The molecule has 0 bridgehead atoms. The number of rotatable bonds is 5. The van der Waals surface area contributed by atoms with Crippen LogP contribution in [0.4, 0.5) is 0 Å². The van der Waals surface area contributed by atoms with Gasteiger partial charge in [0.25, 0.3) is 5.91 Å². The molecule has 29 heavy (non-hydrogen) atoms. The first kappa shape index (κ1) is 19.2. The molecule has 1 atom stereocenters. The second-order valence-corrected chi connectivity index (χ2v) is 7.65. The predicted octanol–water partition coefficient (Wildman–Crippen LogP) is 3.22. The lowest BCUT2D eigenvalue weighted by molar-refractivity contribution is 0.0716. The molecule has 0 radical (unpaired) electrons. The van der Waals surface area contributed by atoms with Crippen LogP contribution in [0.15, 0.2) is 51.7 Å². The zero-order chi connectivity index (χ0) is 20.7. The van der Waals surface area contributed by atoms with Crippen molar-refractivity contribution >= 4 is 16.9 Å². The predicted molar refractivity (Wildman–Crippen MR) is 112 cm³/mol. The topological polar surface area (TPSA) is 63.0 Å². The van der Waals surface area contributed by atoms with Gasteiger partial charge in [-0.25, -0.2) is 0 Å². The first-order valence-electron chi connectivity index (χ1n) is 9.57. The van der Waals surface area contributed by atoms with Crippen LogP contribution in [0.25, 0.3) is 11.0 Å². The molecule has 1 aliphatic heterocycles. The summed E-state index contributed by atoms with van der Waals surface area (Å²) >= 11 is 0. The molecule has 0 unspecified atom stereocenters. The number of nitrogens with zero attached hydrogens (tertiary/aromatic N) is 2. The van der Waals surface area contributed by atoms with E-state index in [1.165, 1.54) is 0 Å². The molecule has 1 amide bonds. The molecule has 0 saturated heterocycles. The Labute approximate surface area is 169 Å². The smallest absolute Gasteiger partial charge is 0.290 e. The average molecular weight is 392 g/mol. The number of hydrogen-bond acceptors (Lipinski definition) is 5. The van der Waals surface area contributed by atoms with E-state index in [1.54, 1.807) is 30.2 Å². The highest BCUT2D eigenvalue weighted by Crippen LogP contribution is 2.38. The Morgan fingerprint density at radius 3 is 2.48 bits per heavy atom. The van der Waals surface area contributed by atoms with Gasteiger partial charge < -0.3 is 19.0 Å². The number of methoxy groups -OCH3 is 1. The Hall–Kier alpha value is -3.12. The van der Waals surface area contributed by atoms with E-state index in [4.69, 9.17) is 9.15 Å². The van der Waals surface area contributed by atoms with E-state index in [1.807, 2.05) is 50.2 Å². The van der Waals surface area contributed by atoms with Crippen molar-refractivity contribution in [1.29, 1.82) is 0 Å². The summed E-state index contributed by atoms with van der Waals surface area (Å²) in [4.78, 5) is 30.4. The van der Waals surface area contributed by atoms with Gasteiger partial charge in [0.05, 0.1) is 24.1 Å². The van der Waals surface area contributed by atoms with E-state index in [0.29, 0.717) is 35.4 Å². The third-order valence-corrected chi connectivity index (χ3v) is 5.36. The van der Waals surface area contributed by atoms with E-state index in [-0.39, 0.29) is 17.1 Å². The van der Waals surface area contributed by atoms with Gasteiger partial charge in [0, 0.05) is 19.2 Å². The number of benzene rings is 2. The molecule has 6 nitrogen and oxygen atoms in total. The van der Waals surface area contributed by atoms with Crippen molar-refractivity contribution in [3.63, 3.8) is 0 Å². The van der Waals surface area contributed by atoms with Crippen LogP contribution in [0.5, 0.6) is 5.75 Å². The number of carbonyl (C=O) groups is 1. The van der Waals surface area contributed by atoms with Gasteiger partial charge >= 0.3 is 0 Å². The number of carbonyl (C=O) groups excluding carboxylic acids is 1. The van der Waals surface area contributed by atoms with Gasteiger partial charge in [-0.1, -0.05) is 29.8 Å². The maximum Gasteiger partial charge on any atom is 0.290 e. The van der Waals surface area contributed by atoms with E-state index < -0.39 is 6.04 Å². The van der Waals surface area contributed by atoms with Gasteiger partial charge in [-0.2, -0.15) is 0 Å². The Morgan fingerprint density at radius 2 is 1.83 bits per heavy atom. The lowest BCUT2D eigenvalue weighted by Crippen LogP contribution is -2.35. The molecule has 2 heterocycles. The maximum atomic E-state index is 13.4. The van der Waals surface area contributed by atoms with Gasteiger partial charge in [-0.05, 0) is 38.7 Å². The molecule has 6 heteroatoms. The van der Waals surface area contributed by atoms with Crippen molar-refractivity contribution in [1.82, 2.24) is 9.80 Å². The summed E-state index contributed by atoms with van der Waals surface area (Å²) in [5.74, 6) is 0.444. The summed E-state index contributed by atoms with van der Waals surface area (Å²) in [7, 11) is 5.46. The monoisotopic (exact) mass is 392 g/mol. The van der Waals surface area contributed by atoms with Crippen LogP contribution >= 0.6 is 0 Å². The van der Waals surface area contributed by atoms with Gasteiger partial charge in [0.1, 0.15) is 11.3 Å². The van der Waals surface area contributed by atoms with Gasteiger partial charge in [-0.15, -0.1) is 0 Å². The van der Waals surface area contributed by atoms with E-state index in [2.05, 4.69) is 0 Å². The number of amides is 1. The average Bonchev–Trinajstić information content (AvgIpc) is 2.99. The standard InChI is InChI=1S/C23H24N2O4/c1-14-5-7-15(8-6-14)20-19-21(26)17-10-9-16(28-4)13-18(17)29-22(19)23(27)25(20)12-11-24(2)3/h5-10,13,20H,11-12H2,1-4H3/t20-/m1/s1. The molecular weight excluding hydrogens is 368 g/mol. The summed E-state index contributed by atoms with van der Waals surface area (Å²) in [6, 6.07) is 12.6. The molecule has 0 fully saturated rings. The minimum absolute atomic E-state index is 0.125. The lowest BCUT2D eigenvalue weighted by atomic mass is 9.97. The normalized spacial score (nSPS) is 16.0. The highest BCUT2D eigenvalue weighted by Gasteiger charge is 2.42. The third-order valence-electron chi connectivity index (χ3n) is 5.36. The minimum Gasteiger partial charge on any atom is -0.497 e. The zero-order valence-corrected chi connectivity index (χ0v) is 17.1. The summed E-state index contributed by atoms with van der Waals surface area (Å²) in [5.41, 5.74) is 2.63. The van der Waals surface area contributed by atoms with Crippen molar-refractivity contribution in [2.24, 2.45) is 0 Å². The van der Waals surface area contributed by atoms with Crippen molar-refractivity contribution < 1.29 is 13.9 Å². The van der Waals surface area contributed by atoms with Crippen LogP contribution < -0.4 is 10.2 Å². The molecule has 0 N–H and O–H groups in total. The van der Waals surface area contributed by atoms with Crippen molar-refractivity contribution in [3.8, 4) is 5.75 Å². The second kappa shape index (κ2) is 7.37. The molecule has 2 aromatic carbocycles. The quantitative estimate of drug-likeness (QED) is 0.667. The molecule has 0 saturated carbocycles. The Bertz CT molecular complexity index is 1130. The zero-order valence-electron chi connectivity index (χ0n) is 17.1. The van der Waals surface area contributed by atoms with Crippen molar-refractivity contribution in [2.75, 3.05) is 34.3 Å². The van der Waals surface area contributed by atoms with Crippen LogP contribution in [0.3, 0.4) is 0 Å². The highest BCUT2D eigenvalue weighted by atomic mass is 16.5. The maximum absolute atomic E-state index is 13.4. The molecule has 150 valence electrons. The van der Waals surface area contributed by atoms with Crippen LogP contribution in [0.1, 0.15) is 33.3 Å². The van der Waals surface area contributed by atoms with Gasteiger partial charge in [0.2, 0.25) is 5.76 Å². The molecule has 4 rings (SSSR count). The van der Waals surface area contributed by atoms with Crippen LogP contribution in [0, 0.1) is 6.92 Å². The number of hydrogen-bond donors (Lipinski definition) is 0. The fraction of sp³-hybridized carbons (Fsp3) is 0.304. The molecule has 3 aromatic rings. The number of likely N-dealkylation sites (N-methyl/N-ethyl adjacent to an activating group) is 1. The Balaban J connectivity index is 1.92. The Morgan fingerprint density at radius 1 is 1.10 bits per heavy atom. The first-order chi connectivity index (χ1) is 13.9. The summed E-state index contributed by atoms with van der Waals surface area (Å²) in [6.07, 6.45) is 0. The van der Waals surface area contributed by atoms with Crippen molar-refractivity contribution in [3.05, 3.63) is 75.1 Å². The lowest BCUT2D eigenvalue weighted by Gasteiger charge is -2.26. The van der Waals surface area contributed by atoms with Crippen LogP contribution in [-0.4, -0.2) is 50.0 Å². The summed E-state index contributed by atoms with van der Waals surface area (Å²) in [6.45, 7) is 3.19. The summed E-state index contributed by atoms with van der Waals surface area (Å²) in [5, 5.41) is 0.448. The van der Waals surface area contributed by atoms with Crippen LogP contribution in [0.2, 0.25) is 0 Å². The first-order valence-corrected chi connectivity index (χ1v) is 9.57.